The summed E-state index contributed by atoms with van der Waals surface area (Å²) in [6.07, 6.45) is 0. The zero-order valence-electron chi connectivity index (χ0n) is 36.2. The Labute approximate surface area is 383 Å². The highest BCUT2D eigenvalue weighted by Gasteiger charge is 2.35. The van der Waals surface area contributed by atoms with Gasteiger partial charge in [0.05, 0.1) is 0 Å². The van der Waals surface area contributed by atoms with Crippen molar-refractivity contribution in [1.29, 1.82) is 0 Å². The lowest BCUT2D eigenvalue weighted by molar-refractivity contribution is 0.660. The van der Waals surface area contributed by atoms with Crippen LogP contribution in [0.3, 0.4) is 0 Å². The summed E-state index contributed by atoms with van der Waals surface area (Å²) in [5, 5.41) is 10.3. The highest BCUT2D eigenvalue weighted by atomic mass is 32.1. The van der Waals surface area contributed by atoms with Gasteiger partial charge in [-0.3, -0.25) is 0 Å². The van der Waals surface area contributed by atoms with E-state index in [1.807, 2.05) is 11.3 Å². The zero-order chi connectivity index (χ0) is 43.2. The van der Waals surface area contributed by atoms with Crippen LogP contribution in [0.4, 0.5) is 17.1 Å². The molecule has 0 radical (unpaired) electrons. The molecular formula is C63H43NS. The van der Waals surface area contributed by atoms with Gasteiger partial charge in [0.2, 0.25) is 0 Å². The molecule has 1 nitrogen and oxygen atoms in total. The number of anilines is 3. The lowest BCUT2D eigenvalue weighted by atomic mass is 9.82. The maximum absolute atomic E-state index is 2.42. The second-order valence-electron chi connectivity index (χ2n) is 18.1. The summed E-state index contributed by atoms with van der Waals surface area (Å²) in [6, 6.07) is 83.4. The number of hydrogen-bond acceptors (Lipinski definition) is 2. The molecule has 0 N–H and O–H groups in total. The Morgan fingerprint density at radius 1 is 0.292 bits per heavy atom. The van der Waals surface area contributed by atoms with Crippen molar-refractivity contribution in [3.63, 3.8) is 0 Å². The first kappa shape index (κ1) is 37.7. The van der Waals surface area contributed by atoms with Crippen molar-refractivity contribution in [2.45, 2.75) is 19.3 Å². The molecular weight excluding hydrogens is 803 g/mol. The predicted molar refractivity (Wildman–Crippen MR) is 280 cm³/mol. The van der Waals surface area contributed by atoms with Crippen molar-refractivity contribution < 1.29 is 0 Å². The number of benzene rings is 11. The molecule has 2 heteroatoms. The molecule has 12 aromatic rings. The summed E-state index contributed by atoms with van der Waals surface area (Å²) in [6.45, 7) is 4.71. The summed E-state index contributed by atoms with van der Waals surface area (Å²) in [7, 11) is 0. The number of hydrogen-bond donors (Lipinski definition) is 0. The van der Waals surface area contributed by atoms with E-state index in [0.717, 1.165) is 17.1 Å². The van der Waals surface area contributed by atoms with Crippen LogP contribution in [0.5, 0.6) is 0 Å². The van der Waals surface area contributed by atoms with E-state index in [0.29, 0.717) is 0 Å². The minimum absolute atomic E-state index is 0.1000. The average Bonchev–Trinajstić information content (AvgIpc) is 3.85. The third-order valence-corrected chi connectivity index (χ3v) is 15.2. The molecule has 0 fully saturated rings. The zero-order valence-corrected chi connectivity index (χ0v) is 37.0. The van der Waals surface area contributed by atoms with Gasteiger partial charge in [-0.2, -0.15) is 0 Å². The summed E-state index contributed by atoms with van der Waals surface area (Å²) in [5.74, 6) is 0. The van der Waals surface area contributed by atoms with Gasteiger partial charge >= 0.3 is 0 Å². The van der Waals surface area contributed by atoms with Crippen molar-refractivity contribution in [3.8, 4) is 44.5 Å². The fraction of sp³-hybridized carbons (Fsp3) is 0.0476. The number of thiophene rings is 1. The molecule has 0 spiro atoms. The van der Waals surface area contributed by atoms with Crippen LogP contribution in [0.2, 0.25) is 0 Å². The molecule has 13 rings (SSSR count). The van der Waals surface area contributed by atoms with Crippen molar-refractivity contribution in [2.75, 3.05) is 4.90 Å². The minimum atomic E-state index is -0.1000. The first-order valence-corrected chi connectivity index (χ1v) is 23.4. The standard InChI is InChI=1S/C63H43NS/c1-63(2)59-18-10-8-16-53(59)54-34-31-48(39-60(54)63)64(46-27-20-41(21-28-46)40-12-4-3-5-13-40)47-29-22-42(23-30-47)43-24-32-51-52-33-25-44(37-57(52)50-15-7-6-14-49(50)56(51)36-43)45-26-35-62-58(38-45)55-17-9-11-19-61(55)65-62/h3-39H,1-2H3. The number of fused-ring (bicyclic) bond motifs is 12. The van der Waals surface area contributed by atoms with Crippen LogP contribution < -0.4 is 4.90 Å². The molecule has 306 valence electrons. The Balaban J connectivity index is 0.892. The molecule has 1 heterocycles. The van der Waals surface area contributed by atoms with Gasteiger partial charge in [0.1, 0.15) is 0 Å². The van der Waals surface area contributed by atoms with E-state index in [1.165, 1.54) is 108 Å². The van der Waals surface area contributed by atoms with Crippen LogP contribution in [0.1, 0.15) is 25.0 Å². The van der Waals surface area contributed by atoms with Gasteiger partial charge in [0.25, 0.3) is 0 Å². The van der Waals surface area contributed by atoms with E-state index >= 15 is 0 Å². The molecule has 1 aliphatic rings. The third-order valence-electron chi connectivity index (χ3n) is 14.1. The maximum Gasteiger partial charge on any atom is 0.0465 e. The quantitative estimate of drug-likeness (QED) is 0.151. The Morgan fingerprint density at radius 3 is 1.42 bits per heavy atom. The van der Waals surface area contributed by atoms with Crippen LogP contribution >= 0.6 is 11.3 Å². The van der Waals surface area contributed by atoms with Gasteiger partial charge in [-0.25, -0.2) is 0 Å². The third kappa shape index (κ3) is 6.05. The van der Waals surface area contributed by atoms with Crippen molar-refractivity contribution >= 4 is 80.9 Å². The minimum Gasteiger partial charge on any atom is -0.310 e. The van der Waals surface area contributed by atoms with Crippen molar-refractivity contribution in [1.82, 2.24) is 0 Å². The van der Waals surface area contributed by atoms with Crippen molar-refractivity contribution in [3.05, 3.63) is 236 Å². The molecule has 11 aromatic carbocycles. The Hall–Kier alpha value is -7.78. The van der Waals surface area contributed by atoms with Gasteiger partial charge in [-0.05, 0) is 155 Å². The molecule has 0 bridgehead atoms. The van der Waals surface area contributed by atoms with E-state index < -0.39 is 0 Å². The van der Waals surface area contributed by atoms with Crippen molar-refractivity contribution in [2.24, 2.45) is 0 Å². The summed E-state index contributed by atoms with van der Waals surface area (Å²) in [4.78, 5) is 2.41. The monoisotopic (exact) mass is 845 g/mol. The lowest BCUT2D eigenvalue weighted by Gasteiger charge is -2.28. The number of rotatable bonds is 6. The summed E-state index contributed by atoms with van der Waals surface area (Å²) < 4.78 is 2.67. The van der Waals surface area contributed by atoms with E-state index in [2.05, 4.69) is 243 Å². The Kier molecular flexibility index (Phi) is 8.50. The van der Waals surface area contributed by atoms with Crippen LogP contribution in [0, 0.1) is 0 Å². The normalized spacial score (nSPS) is 12.9. The number of nitrogens with zero attached hydrogens (tertiary/aromatic N) is 1. The Morgan fingerprint density at radius 2 is 0.738 bits per heavy atom. The fourth-order valence-electron chi connectivity index (χ4n) is 10.7. The second-order valence-corrected chi connectivity index (χ2v) is 19.2. The predicted octanol–water partition coefficient (Wildman–Crippen LogP) is 18.3. The van der Waals surface area contributed by atoms with E-state index in [9.17, 15) is 0 Å². The first-order chi connectivity index (χ1) is 32.0. The highest BCUT2D eigenvalue weighted by molar-refractivity contribution is 7.25. The van der Waals surface area contributed by atoms with Gasteiger partial charge < -0.3 is 4.90 Å². The maximum atomic E-state index is 2.42. The Bertz CT molecular complexity index is 3820. The van der Waals surface area contributed by atoms with Gasteiger partial charge in [0.15, 0.2) is 0 Å². The van der Waals surface area contributed by atoms with Crippen LogP contribution in [-0.4, -0.2) is 0 Å². The summed E-state index contributed by atoms with van der Waals surface area (Å²) >= 11 is 1.87. The van der Waals surface area contributed by atoms with Crippen LogP contribution in [0.25, 0.3) is 97.0 Å². The fourth-order valence-corrected chi connectivity index (χ4v) is 11.8. The van der Waals surface area contributed by atoms with Crippen LogP contribution in [-0.2, 0) is 5.41 Å². The van der Waals surface area contributed by atoms with Crippen LogP contribution in [0.15, 0.2) is 224 Å². The van der Waals surface area contributed by atoms with E-state index in [1.54, 1.807) is 0 Å². The second kappa shape index (κ2) is 14.6. The highest BCUT2D eigenvalue weighted by Crippen LogP contribution is 2.51. The van der Waals surface area contributed by atoms with Gasteiger partial charge in [0, 0.05) is 42.6 Å². The van der Waals surface area contributed by atoms with E-state index in [4.69, 9.17) is 0 Å². The largest absolute Gasteiger partial charge is 0.310 e. The molecule has 0 unspecified atom stereocenters. The average molecular weight is 846 g/mol. The molecule has 1 aliphatic carbocycles. The smallest absolute Gasteiger partial charge is 0.0465 e. The molecule has 1 aromatic heterocycles. The lowest BCUT2D eigenvalue weighted by Crippen LogP contribution is -2.16. The van der Waals surface area contributed by atoms with E-state index in [-0.39, 0.29) is 5.41 Å². The summed E-state index contributed by atoms with van der Waals surface area (Å²) in [5.41, 5.74) is 16.0. The SMILES string of the molecule is CC1(C)c2ccccc2-c2ccc(N(c3ccc(-c4ccccc4)cc3)c3ccc(-c4ccc5c6ccc(-c7ccc8sc9ccccc9c8c7)cc6c6ccccc6c5c4)cc3)cc21. The molecule has 0 atom stereocenters. The van der Waals surface area contributed by atoms with Gasteiger partial charge in [-0.1, -0.05) is 172 Å². The topological polar surface area (TPSA) is 3.24 Å². The molecule has 0 amide bonds. The first-order valence-electron chi connectivity index (χ1n) is 22.6. The molecule has 0 aliphatic heterocycles. The molecule has 0 saturated heterocycles. The molecule has 65 heavy (non-hydrogen) atoms. The van der Waals surface area contributed by atoms with Gasteiger partial charge in [-0.15, -0.1) is 11.3 Å². The molecule has 0 saturated carbocycles.